The Bertz CT molecular complexity index is 729. The number of nitrogens with zero attached hydrogens (tertiary/aromatic N) is 1. The number of alkyl halides is 3. The Morgan fingerprint density at radius 1 is 1.12 bits per heavy atom. The molecule has 0 bridgehead atoms. The highest BCUT2D eigenvalue weighted by atomic mass is 35.6. The van der Waals surface area contributed by atoms with Crippen LogP contribution in [0.3, 0.4) is 0 Å². The number of anilines is 1. The number of hydrogen-bond acceptors (Lipinski definition) is 3. The molecule has 3 nitrogen and oxygen atoms in total. The molecular formula is C19H20Cl3NO2. The third kappa shape index (κ3) is 5.81. The minimum atomic E-state index is -1.57. The predicted molar refractivity (Wildman–Crippen MR) is 105 cm³/mol. The molecule has 0 saturated carbocycles. The number of halogens is 3. The van der Waals surface area contributed by atoms with Crippen molar-refractivity contribution in [2.24, 2.45) is 0 Å². The van der Waals surface area contributed by atoms with Crippen molar-refractivity contribution < 1.29 is 9.53 Å². The topological polar surface area (TPSA) is 29.5 Å². The van der Waals surface area contributed by atoms with E-state index in [2.05, 4.69) is 30.9 Å². The van der Waals surface area contributed by atoms with Gasteiger partial charge in [0.05, 0.1) is 12.1 Å². The van der Waals surface area contributed by atoms with Crippen LogP contribution < -0.4 is 4.90 Å². The van der Waals surface area contributed by atoms with Crippen LogP contribution in [0.15, 0.2) is 48.5 Å². The predicted octanol–water partition coefficient (Wildman–Crippen LogP) is 5.51. The first-order valence-corrected chi connectivity index (χ1v) is 9.10. The van der Waals surface area contributed by atoms with Crippen molar-refractivity contribution in [1.29, 1.82) is 0 Å². The zero-order valence-corrected chi connectivity index (χ0v) is 16.4. The van der Waals surface area contributed by atoms with Gasteiger partial charge < -0.3 is 9.64 Å². The molecule has 0 fully saturated rings. The minimum Gasteiger partial charge on any atom is -0.460 e. The average molecular weight is 401 g/mol. The van der Waals surface area contributed by atoms with Crippen LogP contribution in [0, 0.1) is 6.92 Å². The molecule has 6 heteroatoms. The van der Waals surface area contributed by atoms with E-state index in [4.69, 9.17) is 39.5 Å². The third-order valence-corrected chi connectivity index (χ3v) is 4.42. The molecule has 2 aromatic rings. The van der Waals surface area contributed by atoms with E-state index in [1.54, 1.807) is 18.2 Å². The molecule has 0 aliphatic rings. The molecule has 0 unspecified atom stereocenters. The second kappa shape index (κ2) is 8.79. The molecule has 0 N–H and O–H groups in total. The number of carbonyl (C=O) groups excluding carboxylic acids is 1. The lowest BCUT2D eigenvalue weighted by Crippen LogP contribution is -2.28. The van der Waals surface area contributed by atoms with Gasteiger partial charge in [-0.05, 0) is 43.7 Å². The van der Waals surface area contributed by atoms with Gasteiger partial charge in [-0.3, -0.25) is 0 Å². The van der Waals surface area contributed by atoms with Crippen LogP contribution in [0.2, 0.25) is 0 Å². The molecule has 0 aromatic heterocycles. The highest BCUT2D eigenvalue weighted by Crippen LogP contribution is 2.38. The van der Waals surface area contributed by atoms with Gasteiger partial charge in [-0.2, -0.15) is 0 Å². The largest absolute Gasteiger partial charge is 0.460 e. The van der Waals surface area contributed by atoms with Gasteiger partial charge in [0.2, 0.25) is 3.79 Å². The second-order valence-corrected chi connectivity index (χ2v) is 7.91. The number of ether oxygens (including phenoxy) is 1. The van der Waals surface area contributed by atoms with Crippen molar-refractivity contribution in [2.75, 3.05) is 24.6 Å². The van der Waals surface area contributed by atoms with Crippen LogP contribution in [0.1, 0.15) is 28.4 Å². The zero-order valence-electron chi connectivity index (χ0n) is 14.1. The number of aryl methyl sites for hydroxylation is 1. The standard InChI is InChI=1S/C19H20Cl3NO2/c1-3-23(17-9-4-6-14(2)12-17)10-11-25-18(24)15-7-5-8-16(13-15)19(20,21)22/h4-9,12-13H,3,10-11H2,1-2H3. The van der Waals surface area contributed by atoms with Gasteiger partial charge >= 0.3 is 5.97 Å². The summed E-state index contributed by atoms with van der Waals surface area (Å²) in [5, 5.41) is 0. The quantitative estimate of drug-likeness (QED) is 0.473. The van der Waals surface area contributed by atoms with Crippen molar-refractivity contribution in [3.63, 3.8) is 0 Å². The summed E-state index contributed by atoms with van der Waals surface area (Å²) in [7, 11) is 0. The molecule has 25 heavy (non-hydrogen) atoms. The van der Waals surface area contributed by atoms with Crippen LogP contribution >= 0.6 is 34.8 Å². The van der Waals surface area contributed by atoms with E-state index in [-0.39, 0.29) is 6.61 Å². The van der Waals surface area contributed by atoms with E-state index in [0.29, 0.717) is 17.7 Å². The lowest BCUT2D eigenvalue weighted by molar-refractivity contribution is 0.0515. The summed E-state index contributed by atoms with van der Waals surface area (Å²) >= 11 is 17.6. The van der Waals surface area contributed by atoms with Crippen LogP contribution in [0.4, 0.5) is 5.69 Å². The normalized spacial score (nSPS) is 11.2. The van der Waals surface area contributed by atoms with E-state index in [0.717, 1.165) is 12.2 Å². The Kier molecular flexibility index (Phi) is 7.00. The molecule has 0 heterocycles. The Balaban J connectivity index is 1.96. The van der Waals surface area contributed by atoms with E-state index >= 15 is 0 Å². The smallest absolute Gasteiger partial charge is 0.338 e. The molecule has 0 radical (unpaired) electrons. The van der Waals surface area contributed by atoms with Crippen molar-refractivity contribution in [1.82, 2.24) is 0 Å². The summed E-state index contributed by atoms with van der Waals surface area (Å²) in [5.41, 5.74) is 3.09. The van der Waals surface area contributed by atoms with Gasteiger partial charge in [-0.25, -0.2) is 4.79 Å². The van der Waals surface area contributed by atoms with Crippen molar-refractivity contribution in [3.05, 3.63) is 65.2 Å². The number of esters is 1. The first-order chi connectivity index (χ1) is 11.8. The molecule has 0 amide bonds. The molecular weight excluding hydrogens is 381 g/mol. The molecule has 0 spiro atoms. The Labute approximate surface area is 163 Å². The van der Waals surface area contributed by atoms with Gasteiger partial charge in [-0.15, -0.1) is 0 Å². The highest BCUT2D eigenvalue weighted by Gasteiger charge is 2.23. The Hall–Kier alpha value is -1.42. The first-order valence-electron chi connectivity index (χ1n) is 7.97. The summed E-state index contributed by atoms with van der Waals surface area (Å²) in [6, 6.07) is 14.7. The lowest BCUT2D eigenvalue weighted by atomic mass is 10.1. The maximum atomic E-state index is 12.2. The summed E-state index contributed by atoms with van der Waals surface area (Å²) in [5.74, 6) is -0.434. The van der Waals surface area contributed by atoms with Gasteiger partial charge in [0.1, 0.15) is 6.61 Å². The van der Waals surface area contributed by atoms with Crippen molar-refractivity contribution in [2.45, 2.75) is 17.6 Å². The first kappa shape index (κ1) is 19.9. The van der Waals surface area contributed by atoms with E-state index in [1.807, 2.05) is 12.1 Å². The van der Waals surface area contributed by atoms with Crippen LogP contribution in [0.5, 0.6) is 0 Å². The van der Waals surface area contributed by atoms with E-state index in [9.17, 15) is 4.79 Å². The van der Waals surface area contributed by atoms with Gasteiger partial charge in [0, 0.05) is 17.8 Å². The summed E-state index contributed by atoms with van der Waals surface area (Å²) in [6.45, 7) is 5.82. The maximum absolute atomic E-state index is 12.2. The van der Waals surface area contributed by atoms with Crippen LogP contribution in [0.25, 0.3) is 0 Å². The SMILES string of the molecule is CCN(CCOC(=O)c1cccc(C(Cl)(Cl)Cl)c1)c1cccc(C)c1. The van der Waals surface area contributed by atoms with Gasteiger partial charge in [0.25, 0.3) is 0 Å². The van der Waals surface area contributed by atoms with E-state index < -0.39 is 9.76 Å². The lowest BCUT2D eigenvalue weighted by Gasteiger charge is -2.23. The number of likely N-dealkylation sites (N-methyl/N-ethyl adjacent to an activating group) is 1. The minimum absolute atomic E-state index is 0.276. The fourth-order valence-electron chi connectivity index (χ4n) is 2.45. The second-order valence-electron chi connectivity index (χ2n) is 5.63. The van der Waals surface area contributed by atoms with Crippen LogP contribution in [-0.2, 0) is 8.53 Å². The Morgan fingerprint density at radius 2 is 1.84 bits per heavy atom. The van der Waals surface area contributed by atoms with Crippen LogP contribution in [-0.4, -0.2) is 25.7 Å². The van der Waals surface area contributed by atoms with Crippen molar-refractivity contribution >= 4 is 46.5 Å². The highest BCUT2D eigenvalue weighted by molar-refractivity contribution is 6.66. The monoisotopic (exact) mass is 399 g/mol. The van der Waals surface area contributed by atoms with Crippen molar-refractivity contribution in [3.8, 4) is 0 Å². The number of benzene rings is 2. The number of carbonyl (C=O) groups is 1. The number of hydrogen-bond donors (Lipinski definition) is 0. The fourth-order valence-corrected chi connectivity index (χ4v) is 2.80. The molecule has 0 aliphatic carbocycles. The van der Waals surface area contributed by atoms with Gasteiger partial charge in [-0.1, -0.05) is 59.1 Å². The molecule has 134 valence electrons. The maximum Gasteiger partial charge on any atom is 0.338 e. The summed E-state index contributed by atoms with van der Waals surface area (Å²) in [4.78, 5) is 14.4. The van der Waals surface area contributed by atoms with Gasteiger partial charge in [0.15, 0.2) is 0 Å². The average Bonchev–Trinajstić information content (AvgIpc) is 2.58. The Morgan fingerprint density at radius 3 is 2.48 bits per heavy atom. The molecule has 2 rings (SSSR count). The fraction of sp³-hybridized carbons (Fsp3) is 0.316. The molecule has 0 aliphatic heterocycles. The number of rotatable bonds is 6. The third-order valence-electron chi connectivity index (χ3n) is 3.77. The molecule has 2 aromatic carbocycles. The summed E-state index contributed by atoms with van der Waals surface area (Å²) in [6.07, 6.45) is 0. The molecule has 0 atom stereocenters. The van der Waals surface area contributed by atoms with E-state index in [1.165, 1.54) is 11.6 Å². The zero-order chi connectivity index (χ0) is 18.4. The summed E-state index contributed by atoms with van der Waals surface area (Å²) < 4.78 is 3.80. The molecule has 0 saturated heterocycles.